The summed E-state index contributed by atoms with van der Waals surface area (Å²) in [6.45, 7) is 1.58. The molecule has 1 aliphatic heterocycles. The first kappa shape index (κ1) is 33.1. The van der Waals surface area contributed by atoms with Crippen LogP contribution in [-0.2, 0) is 36.3 Å². The summed E-state index contributed by atoms with van der Waals surface area (Å²) in [6, 6.07) is 3.31. The minimum absolute atomic E-state index is 0.157. The van der Waals surface area contributed by atoms with E-state index in [2.05, 4.69) is 0 Å². The standard InChI is InChI=1S/C30H29F8NO5S/c1-16-15-27(45(43,44)22-10-8-21(31)9-11-22)23-12-7-20(28(32,29(33,34)35)30(36,37)38)14-19(23)6-13-24(27)39(16)25(40)17-2-4-18(5-3-17)26(41)42/h7-12,14,16-18,24H,2-6,13,15H2,1H3,(H,41,42)/t16-,17-,18-,24?,27?/m1/s1. The van der Waals surface area contributed by atoms with Gasteiger partial charge < -0.3 is 10.0 Å². The summed E-state index contributed by atoms with van der Waals surface area (Å²) in [6.07, 6.45) is -12.6. The first-order valence-corrected chi connectivity index (χ1v) is 15.8. The monoisotopic (exact) mass is 667 g/mol. The molecule has 6 nitrogen and oxygen atoms in total. The number of sulfone groups is 1. The maximum absolute atomic E-state index is 15.0. The molecule has 246 valence electrons. The topological polar surface area (TPSA) is 91.8 Å². The van der Waals surface area contributed by atoms with Crippen LogP contribution in [0.5, 0.6) is 0 Å². The van der Waals surface area contributed by atoms with Gasteiger partial charge >= 0.3 is 24.0 Å². The number of carbonyl (C=O) groups is 2. The number of aliphatic carboxylic acids is 1. The number of nitrogens with zero attached hydrogens (tertiary/aromatic N) is 1. The van der Waals surface area contributed by atoms with E-state index in [-0.39, 0.29) is 67.0 Å². The Bertz CT molecular complexity index is 1590. The fraction of sp³-hybridized carbons (Fsp3) is 0.533. The summed E-state index contributed by atoms with van der Waals surface area (Å²) >= 11 is 0. The number of alkyl halides is 7. The highest BCUT2D eigenvalue weighted by atomic mass is 32.2. The number of hydrogen-bond acceptors (Lipinski definition) is 4. The van der Waals surface area contributed by atoms with E-state index in [9.17, 15) is 53.8 Å². The maximum atomic E-state index is 15.0. The number of carboxylic acids is 1. The highest BCUT2D eigenvalue weighted by molar-refractivity contribution is 7.92. The van der Waals surface area contributed by atoms with Crippen molar-refractivity contribution in [1.82, 2.24) is 4.90 Å². The van der Waals surface area contributed by atoms with Crippen LogP contribution in [0.1, 0.15) is 62.1 Å². The van der Waals surface area contributed by atoms with Crippen LogP contribution in [0.25, 0.3) is 0 Å². The van der Waals surface area contributed by atoms with Crippen LogP contribution >= 0.6 is 0 Å². The zero-order valence-electron chi connectivity index (χ0n) is 23.8. The SMILES string of the molecule is C[C@@H]1CC2(S(=O)(=O)c3ccc(F)cc3)c3ccc(C(F)(C(F)(F)F)C(F)(F)F)cc3CCC2N1C(=O)[C@H]1CC[C@H](C(=O)O)CC1. The van der Waals surface area contributed by atoms with Gasteiger partial charge in [0, 0.05) is 17.5 Å². The van der Waals surface area contributed by atoms with Crippen molar-refractivity contribution in [3.05, 3.63) is 65.0 Å². The van der Waals surface area contributed by atoms with E-state index in [4.69, 9.17) is 0 Å². The highest BCUT2D eigenvalue weighted by Gasteiger charge is 2.74. The number of aryl methyl sites for hydroxylation is 1. The maximum Gasteiger partial charge on any atom is 0.435 e. The van der Waals surface area contributed by atoms with E-state index < -0.39 is 79.8 Å². The first-order valence-electron chi connectivity index (χ1n) is 14.3. The summed E-state index contributed by atoms with van der Waals surface area (Å²) in [7, 11) is -4.62. The van der Waals surface area contributed by atoms with Crippen molar-refractivity contribution in [3.63, 3.8) is 0 Å². The van der Waals surface area contributed by atoms with E-state index in [0.29, 0.717) is 6.07 Å². The third-order valence-corrected chi connectivity index (χ3v) is 12.2. The number of likely N-dealkylation sites (tertiary alicyclic amines) is 1. The van der Waals surface area contributed by atoms with Crippen molar-refractivity contribution in [3.8, 4) is 0 Å². The Balaban J connectivity index is 1.65. The van der Waals surface area contributed by atoms with E-state index in [1.54, 1.807) is 6.92 Å². The molecule has 3 aliphatic rings. The van der Waals surface area contributed by atoms with Gasteiger partial charge in [-0.15, -0.1) is 0 Å². The Kier molecular flexibility index (Phi) is 8.06. The number of rotatable bonds is 5. The van der Waals surface area contributed by atoms with Gasteiger partial charge in [0.1, 0.15) is 10.6 Å². The molecular formula is C30H29F8NO5S. The molecule has 1 N–H and O–H groups in total. The minimum atomic E-state index is -6.38. The largest absolute Gasteiger partial charge is 0.481 e. The summed E-state index contributed by atoms with van der Waals surface area (Å²) in [5, 5.41) is 9.34. The van der Waals surface area contributed by atoms with Crippen molar-refractivity contribution in [1.29, 1.82) is 0 Å². The molecule has 2 unspecified atom stereocenters. The van der Waals surface area contributed by atoms with Crippen LogP contribution < -0.4 is 0 Å². The van der Waals surface area contributed by atoms with Crippen LogP contribution in [0.15, 0.2) is 47.4 Å². The number of amides is 1. The lowest BCUT2D eigenvalue weighted by Gasteiger charge is -2.44. The second-order valence-corrected chi connectivity index (χ2v) is 14.3. The number of benzene rings is 2. The molecule has 1 amide bonds. The van der Waals surface area contributed by atoms with Gasteiger partial charge in [0.25, 0.3) is 0 Å². The molecular weight excluding hydrogens is 638 g/mol. The Hall–Kier alpha value is -3.23. The van der Waals surface area contributed by atoms with E-state index >= 15 is 4.39 Å². The molecule has 5 rings (SSSR count). The molecule has 2 aromatic rings. The summed E-state index contributed by atoms with van der Waals surface area (Å²) in [5.74, 6) is -3.43. The van der Waals surface area contributed by atoms with Crippen LogP contribution in [0.2, 0.25) is 0 Å². The molecule has 0 aromatic heterocycles. The Morgan fingerprint density at radius 3 is 1.96 bits per heavy atom. The average Bonchev–Trinajstić information content (AvgIpc) is 3.28. The van der Waals surface area contributed by atoms with Crippen LogP contribution in [0.3, 0.4) is 0 Å². The van der Waals surface area contributed by atoms with E-state index in [0.717, 1.165) is 30.3 Å². The molecule has 0 radical (unpaired) electrons. The lowest BCUT2D eigenvalue weighted by Crippen LogP contribution is -2.54. The summed E-state index contributed by atoms with van der Waals surface area (Å²) in [5.41, 5.74) is -7.87. The number of halogens is 8. The zero-order valence-corrected chi connectivity index (χ0v) is 24.6. The fourth-order valence-electron chi connectivity index (χ4n) is 7.50. The number of carboxylic acid groups (broad SMARTS) is 1. The van der Waals surface area contributed by atoms with Crippen molar-refractivity contribution >= 4 is 21.7 Å². The minimum Gasteiger partial charge on any atom is -0.481 e. The van der Waals surface area contributed by atoms with Gasteiger partial charge in [0.2, 0.25) is 5.91 Å². The normalized spacial score (nSPS) is 27.5. The van der Waals surface area contributed by atoms with E-state index in [1.807, 2.05) is 0 Å². The molecule has 1 heterocycles. The van der Waals surface area contributed by atoms with Crippen molar-refractivity contribution < 1.29 is 58.2 Å². The Morgan fingerprint density at radius 2 is 1.42 bits per heavy atom. The molecule has 3 atom stereocenters. The van der Waals surface area contributed by atoms with Crippen molar-refractivity contribution in [2.75, 3.05) is 0 Å². The molecule has 2 aliphatic carbocycles. The Labute approximate surface area is 253 Å². The fourth-order valence-corrected chi connectivity index (χ4v) is 9.96. The smallest absolute Gasteiger partial charge is 0.435 e. The van der Waals surface area contributed by atoms with Crippen molar-refractivity contribution in [2.24, 2.45) is 11.8 Å². The van der Waals surface area contributed by atoms with Crippen LogP contribution in [0.4, 0.5) is 35.1 Å². The molecule has 0 spiro atoms. The predicted molar refractivity (Wildman–Crippen MR) is 143 cm³/mol. The number of carbonyl (C=O) groups excluding carboxylic acids is 1. The van der Waals surface area contributed by atoms with Gasteiger partial charge in [-0.05, 0) is 87.3 Å². The van der Waals surface area contributed by atoms with E-state index in [1.165, 1.54) is 4.90 Å². The third kappa shape index (κ3) is 4.99. The number of fused-ring (bicyclic) bond motifs is 3. The molecule has 15 heteroatoms. The molecule has 2 fully saturated rings. The molecule has 1 saturated carbocycles. The van der Waals surface area contributed by atoms with Gasteiger partial charge in [0.05, 0.1) is 16.9 Å². The number of hydrogen-bond donors (Lipinski definition) is 1. The average molecular weight is 668 g/mol. The highest BCUT2D eigenvalue weighted by Crippen LogP contribution is 2.58. The molecule has 45 heavy (non-hydrogen) atoms. The summed E-state index contributed by atoms with van der Waals surface area (Å²) in [4.78, 5) is 26.4. The van der Waals surface area contributed by atoms with Crippen LogP contribution in [0, 0.1) is 17.7 Å². The van der Waals surface area contributed by atoms with Gasteiger partial charge in [-0.2, -0.15) is 26.3 Å². The molecule has 0 bridgehead atoms. The van der Waals surface area contributed by atoms with Crippen LogP contribution in [-0.4, -0.2) is 54.7 Å². The van der Waals surface area contributed by atoms with Gasteiger partial charge in [0.15, 0.2) is 9.84 Å². The second-order valence-electron chi connectivity index (χ2n) is 12.1. The van der Waals surface area contributed by atoms with Gasteiger partial charge in [-0.25, -0.2) is 17.2 Å². The predicted octanol–water partition coefficient (Wildman–Crippen LogP) is 6.61. The van der Waals surface area contributed by atoms with Gasteiger partial charge in [-0.3, -0.25) is 9.59 Å². The molecule has 1 saturated heterocycles. The van der Waals surface area contributed by atoms with Gasteiger partial charge in [-0.1, -0.05) is 18.2 Å². The lowest BCUT2D eigenvalue weighted by atomic mass is 9.76. The van der Waals surface area contributed by atoms with Crippen molar-refractivity contribution in [2.45, 2.75) is 91.6 Å². The second kappa shape index (κ2) is 10.9. The summed E-state index contributed by atoms with van der Waals surface area (Å²) < 4.78 is 137. The lowest BCUT2D eigenvalue weighted by molar-refractivity contribution is -0.348. The third-order valence-electron chi connectivity index (χ3n) is 9.66. The molecule has 2 aromatic carbocycles. The zero-order chi connectivity index (χ0) is 33.3. The quantitative estimate of drug-likeness (QED) is 0.286. The first-order chi connectivity index (χ1) is 20.8. The Morgan fingerprint density at radius 1 is 0.867 bits per heavy atom.